The molecule has 0 aliphatic heterocycles. The van der Waals surface area contributed by atoms with Gasteiger partial charge in [-0.25, -0.2) is 4.79 Å². The highest BCUT2D eigenvalue weighted by atomic mass is 127. The molecular weight excluding hydrogens is 353 g/mol. The quantitative estimate of drug-likeness (QED) is 0.476. The minimum Gasteiger partial charge on any atom is -0.423 e. The van der Waals surface area contributed by atoms with Crippen molar-refractivity contribution in [3.05, 3.63) is 63.2 Å². The van der Waals surface area contributed by atoms with Gasteiger partial charge in [0, 0.05) is 3.57 Å². The van der Waals surface area contributed by atoms with E-state index < -0.39 is 0 Å². The molecule has 0 fully saturated rings. The number of nitriles is 1. The lowest BCUT2D eigenvalue weighted by Crippen LogP contribution is -2.08. The minimum atomic E-state index is -0.383. The molecule has 2 aromatic carbocycles. The molecule has 0 atom stereocenters. The summed E-state index contributed by atoms with van der Waals surface area (Å²) < 4.78 is 6.25. The van der Waals surface area contributed by atoms with Crippen LogP contribution in [0.3, 0.4) is 0 Å². The number of nitrogens with zero attached hydrogens (tertiary/aromatic N) is 1. The number of benzene rings is 2. The van der Waals surface area contributed by atoms with E-state index in [1.165, 1.54) is 0 Å². The molecule has 3 nitrogen and oxygen atoms in total. The molecule has 2 aromatic rings. The SMILES string of the molecule is N#CCc1ccc(OC(=O)c2cccc(I)c2)cc1. The standard InChI is InChI=1S/C15H10INO2/c16-13-3-1-2-12(10-13)15(18)19-14-6-4-11(5-7-14)8-9-17/h1-7,10H,8H2. The predicted molar refractivity (Wildman–Crippen MR) is 79.9 cm³/mol. The van der Waals surface area contributed by atoms with Crippen molar-refractivity contribution >= 4 is 28.6 Å². The lowest BCUT2D eigenvalue weighted by Gasteiger charge is -2.05. The van der Waals surface area contributed by atoms with Crippen LogP contribution in [0.5, 0.6) is 5.75 Å². The van der Waals surface area contributed by atoms with Gasteiger partial charge in [0.05, 0.1) is 18.1 Å². The fraction of sp³-hybridized carbons (Fsp3) is 0.0667. The molecule has 0 aliphatic carbocycles. The number of halogens is 1. The van der Waals surface area contributed by atoms with Gasteiger partial charge in [-0.05, 0) is 58.5 Å². The van der Waals surface area contributed by atoms with Crippen LogP contribution in [-0.2, 0) is 6.42 Å². The highest BCUT2D eigenvalue weighted by Crippen LogP contribution is 2.15. The lowest BCUT2D eigenvalue weighted by atomic mass is 10.1. The Bertz CT molecular complexity index is 629. The van der Waals surface area contributed by atoms with Crippen molar-refractivity contribution in [2.45, 2.75) is 6.42 Å². The Morgan fingerprint density at radius 2 is 1.95 bits per heavy atom. The van der Waals surface area contributed by atoms with Crippen molar-refractivity contribution in [3.63, 3.8) is 0 Å². The first-order valence-corrected chi connectivity index (χ1v) is 6.70. The molecule has 0 aromatic heterocycles. The van der Waals surface area contributed by atoms with E-state index in [9.17, 15) is 4.79 Å². The number of hydrogen-bond acceptors (Lipinski definition) is 3. The van der Waals surface area contributed by atoms with Crippen LogP contribution < -0.4 is 4.74 Å². The molecule has 0 saturated carbocycles. The average Bonchev–Trinajstić information content (AvgIpc) is 2.41. The van der Waals surface area contributed by atoms with E-state index in [-0.39, 0.29) is 5.97 Å². The van der Waals surface area contributed by atoms with Gasteiger partial charge in [0.2, 0.25) is 0 Å². The Hall–Kier alpha value is -1.87. The third-order valence-electron chi connectivity index (χ3n) is 2.48. The molecule has 0 saturated heterocycles. The zero-order valence-electron chi connectivity index (χ0n) is 9.97. The van der Waals surface area contributed by atoms with Gasteiger partial charge < -0.3 is 4.74 Å². The molecular formula is C15H10INO2. The molecule has 0 heterocycles. The van der Waals surface area contributed by atoms with Crippen LogP contribution in [0.1, 0.15) is 15.9 Å². The first kappa shape index (κ1) is 13.6. The minimum absolute atomic E-state index is 0.352. The van der Waals surface area contributed by atoms with E-state index in [1.807, 2.05) is 12.1 Å². The molecule has 2 rings (SSSR count). The largest absolute Gasteiger partial charge is 0.423 e. The van der Waals surface area contributed by atoms with Gasteiger partial charge in [-0.2, -0.15) is 5.26 Å². The second kappa shape index (κ2) is 6.34. The van der Waals surface area contributed by atoms with E-state index >= 15 is 0 Å². The predicted octanol–water partition coefficient (Wildman–Crippen LogP) is 3.58. The Morgan fingerprint density at radius 3 is 2.58 bits per heavy atom. The van der Waals surface area contributed by atoms with Gasteiger partial charge in [-0.3, -0.25) is 0 Å². The molecule has 0 amide bonds. The topological polar surface area (TPSA) is 50.1 Å². The second-order valence-corrected chi connectivity index (χ2v) is 5.12. The van der Waals surface area contributed by atoms with Gasteiger partial charge in [-0.15, -0.1) is 0 Å². The summed E-state index contributed by atoms with van der Waals surface area (Å²) in [5.41, 5.74) is 1.42. The van der Waals surface area contributed by atoms with Crippen LogP contribution >= 0.6 is 22.6 Å². The summed E-state index contributed by atoms with van der Waals surface area (Å²) >= 11 is 2.14. The molecule has 0 aliphatic rings. The zero-order valence-corrected chi connectivity index (χ0v) is 12.1. The van der Waals surface area contributed by atoms with E-state index in [2.05, 4.69) is 28.7 Å². The summed E-state index contributed by atoms with van der Waals surface area (Å²) in [6, 6.07) is 16.2. The molecule has 0 radical (unpaired) electrons. The number of carbonyl (C=O) groups is 1. The first-order valence-electron chi connectivity index (χ1n) is 5.62. The molecule has 0 bridgehead atoms. The van der Waals surface area contributed by atoms with Crippen LogP contribution in [0.25, 0.3) is 0 Å². The molecule has 94 valence electrons. The van der Waals surface area contributed by atoms with Crippen molar-refractivity contribution < 1.29 is 9.53 Å². The maximum absolute atomic E-state index is 11.9. The van der Waals surface area contributed by atoms with Gasteiger partial charge in [0.15, 0.2) is 0 Å². The maximum Gasteiger partial charge on any atom is 0.343 e. The summed E-state index contributed by atoms with van der Waals surface area (Å²) in [6.07, 6.45) is 0.352. The monoisotopic (exact) mass is 363 g/mol. The van der Waals surface area contributed by atoms with Crippen LogP contribution in [-0.4, -0.2) is 5.97 Å². The number of hydrogen-bond donors (Lipinski definition) is 0. The Morgan fingerprint density at radius 1 is 1.21 bits per heavy atom. The summed E-state index contributed by atoms with van der Waals surface area (Å²) in [6.45, 7) is 0. The van der Waals surface area contributed by atoms with Crippen LogP contribution in [0, 0.1) is 14.9 Å². The lowest BCUT2D eigenvalue weighted by molar-refractivity contribution is 0.0734. The summed E-state index contributed by atoms with van der Waals surface area (Å²) in [5.74, 6) is 0.0945. The van der Waals surface area contributed by atoms with Crippen molar-refractivity contribution in [3.8, 4) is 11.8 Å². The summed E-state index contributed by atoms with van der Waals surface area (Å²) in [4.78, 5) is 11.9. The van der Waals surface area contributed by atoms with Crippen molar-refractivity contribution in [1.82, 2.24) is 0 Å². The van der Waals surface area contributed by atoms with Gasteiger partial charge in [-0.1, -0.05) is 18.2 Å². The van der Waals surface area contributed by atoms with Crippen molar-refractivity contribution in [1.29, 1.82) is 5.26 Å². The first-order chi connectivity index (χ1) is 9.19. The van der Waals surface area contributed by atoms with E-state index in [0.29, 0.717) is 17.7 Å². The molecule has 4 heteroatoms. The third kappa shape index (κ3) is 3.80. The molecule has 0 N–H and O–H groups in total. The van der Waals surface area contributed by atoms with Crippen molar-refractivity contribution in [2.75, 3.05) is 0 Å². The molecule has 19 heavy (non-hydrogen) atoms. The number of esters is 1. The second-order valence-electron chi connectivity index (χ2n) is 3.88. The highest BCUT2D eigenvalue weighted by Gasteiger charge is 2.08. The van der Waals surface area contributed by atoms with E-state index in [0.717, 1.165) is 9.13 Å². The fourth-order valence-corrected chi connectivity index (χ4v) is 2.09. The molecule has 0 unspecified atom stereocenters. The number of ether oxygens (including phenoxy) is 1. The zero-order chi connectivity index (χ0) is 13.7. The number of rotatable bonds is 3. The van der Waals surface area contributed by atoms with Crippen LogP contribution in [0.2, 0.25) is 0 Å². The Labute approximate surface area is 125 Å². The van der Waals surface area contributed by atoms with Gasteiger partial charge >= 0.3 is 5.97 Å². The summed E-state index contributed by atoms with van der Waals surface area (Å²) in [7, 11) is 0. The maximum atomic E-state index is 11.9. The van der Waals surface area contributed by atoms with E-state index in [1.54, 1.807) is 36.4 Å². The molecule has 0 spiro atoms. The third-order valence-corrected chi connectivity index (χ3v) is 3.15. The highest BCUT2D eigenvalue weighted by molar-refractivity contribution is 14.1. The van der Waals surface area contributed by atoms with Crippen LogP contribution in [0.4, 0.5) is 0 Å². The Kier molecular flexibility index (Phi) is 4.53. The van der Waals surface area contributed by atoms with Gasteiger partial charge in [0.1, 0.15) is 5.75 Å². The van der Waals surface area contributed by atoms with Crippen LogP contribution in [0.15, 0.2) is 48.5 Å². The normalized spacial score (nSPS) is 9.68. The van der Waals surface area contributed by atoms with E-state index in [4.69, 9.17) is 10.00 Å². The fourth-order valence-electron chi connectivity index (χ4n) is 1.55. The smallest absolute Gasteiger partial charge is 0.343 e. The summed E-state index contributed by atoms with van der Waals surface area (Å²) in [5, 5.41) is 8.57. The average molecular weight is 363 g/mol. The Balaban J connectivity index is 2.09. The number of carbonyl (C=O) groups excluding carboxylic acids is 1. The van der Waals surface area contributed by atoms with Crippen molar-refractivity contribution in [2.24, 2.45) is 0 Å². The van der Waals surface area contributed by atoms with Gasteiger partial charge in [0.25, 0.3) is 0 Å².